The van der Waals surface area contributed by atoms with Crippen molar-refractivity contribution in [3.05, 3.63) is 0 Å². The first-order chi connectivity index (χ1) is 12.6. The highest BCUT2D eigenvalue weighted by Crippen LogP contribution is 2.37. The lowest BCUT2D eigenvalue weighted by Gasteiger charge is -2.33. The van der Waals surface area contributed by atoms with Crippen LogP contribution in [0.15, 0.2) is 5.16 Å². The molecule has 0 aromatic heterocycles. The summed E-state index contributed by atoms with van der Waals surface area (Å²) < 4.78 is 5.44. The number of ether oxygens (including phenoxy) is 1. The third-order valence-electron chi connectivity index (χ3n) is 4.56. The van der Waals surface area contributed by atoms with Gasteiger partial charge in [-0.25, -0.2) is 0 Å². The molecule has 0 aromatic carbocycles. The summed E-state index contributed by atoms with van der Waals surface area (Å²) in [4.78, 5) is 17.2. The molecule has 1 aliphatic carbocycles. The molecule has 0 aromatic rings. The molecule has 1 aliphatic rings. The molecule has 0 bridgehead atoms. The van der Waals surface area contributed by atoms with Gasteiger partial charge >= 0.3 is 5.97 Å². The van der Waals surface area contributed by atoms with Crippen LogP contribution in [0.3, 0.4) is 0 Å². The van der Waals surface area contributed by atoms with Crippen molar-refractivity contribution in [1.82, 2.24) is 0 Å². The molecule has 1 saturated carbocycles. The Kier molecular flexibility index (Phi) is 9.87. The molecule has 5 nitrogen and oxygen atoms in total. The molecule has 0 aliphatic heterocycles. The predicted molar refractivity (Wildman–Crippen MR) is 108 cm³/mol. The molecule has 5 heteroatoms. The Morgan fingerprint density at radius 1 is 1.30 bits per heavy atom. The molecule has 1 rings (SSSR count). The lowest BCUT2D eigenvalue weighted by atomic mass is 9.71. The second-order valence-electron chi connectivity index (χ2n) is 8.95. The van der Waals surface area contributed by atoms with Gasteiger partial charge in [0.1, 0.15) is 18.4 Å². The van der Waals surface area contributed by atoms with Crippen molar-refractivity contribution in [2.45, 2.75) is 78.7 Å². The van der Waals surface area contributed by atoms with E-state index in [0.717, 1.165) is 24.7 Å². The molecule has 0 unspecified atom stereocenters. The van der Waals surface area contributed by atoms with Crippen LogP contribution in [0.1, 0.15) is 73.1 Å². The van der Waals surface area contributed by atoms with Gasteiger partial charge in [-0.2, -0.15) is 0 Å². The van der Waals surface area contributed by atoms with E-state index in [-0.39, 0.29) is 24.9 Å². The monoisotopic (exact) mass is 379 g/mol. The SMILES string of the molecule is CON=C(C#C[C@H]1C[C@@H](CC(C)C)C1)[C@@H](CCCO)CC(=O)OC(C)(C)C. The number of rotatable bonds is 9. The molecule has 1 atom stereocenters. The second kappa shape index (κ2) is 11.3. The zero-order valence-electron chi connectivity index (χ0n) is 17.9. The van der Waals surface area contributed by atoms with Crippen molar-refractivity contribution >= 4 is 11.7 Å². The Morgan fingerprint density at radius 2 is 1.96 bits per heavy atom. The Labute approximate surface area is 164 Å². The van der Waals surface area contributed by atoms with E-state index < -0.39 is 5.60 Å². The van der Waals surface area contributed by atoms with Crippen molar-refractivity contribution in [2.24, 2.45) is 28.8 Å². The molecule has 1 fully saturated rings. The summed E-state index contributed by atoms with van der Waals surface area (Å²) in [6, 6.07) is 0. The highest BCUT2D eigenvalue weighted by Gasteiger charge is 2.28. The number of hydrogen-bond donors (Lipinski definition) is 1. The number of oxime groups is 1. The lowest BCUT2D eigenvalue weighted by Crippen LogP contribution is -2.27. The van der Waals surface area contributed by atoms with E-state index in [1.165, 1.54) is 13.5 Å². The number of nitrogens with zero attached hydrogens (tertiary/aromatic N) is 1. The maximum atomic E-state index is 12.3. The van der Waals surface area contributed by atoms with Crippen LogP contribution in [0.25, 0.3) is 0 Å². The van der Waals surface area contributed by atoms with E-state index in [2.05, 4.69) is 30.8 Å². The molecule has 154 valence electrons. The minimum atomic E-state index is -0.528. The van der Waals surface area contributed by atoms with E-state index in [4.69, 9.17) is 9.57 Å². The molecular weight excluding hydrogens is 342 g/mol. The molecule has 1 N–H and O–H groups in total. The number of esters is 1. The van der Waals surface area contributed by atoms with Crippen LogP contribution in [0.2, 0.25) is 0 Å². The van der Waals surface area contributed by atoms with Crippen LogP contribution >= 0.6 is 0 Å². The number of hydrogen-bond acceptors (Lipinski definition) is 5. The van der Waals surface area contributed by atoms with E-state index in [1.54, 1.807) is 0 Å². The maximum Gasteiger partial charge on any atom is 0.307 e. The van der Waals surface area contributed by atoms with Gasteiger partial charge in [-0.15, -0.1) is 0 Å². The van der Waals surface area contributed by atoms with Gasteiger partial charge in [0.15, 0.2) is 0 Å². The smallest absolute Gasteiger partial charge is 0.307 e. The second-order valence-corrected chi connectivity index (χ2v) is 8.95. The average molecular weight is 380 g/mol. The maximum absolute atomic E-state index is 12.3. The van der Waals surface area contributed by atoms with Crippen molar-refractivity contribution in [1.29, 1.82) is 0 Å². The third kappa shape index (κ3) is 9.81. The first-order valence-corrected chi connectivity index (χ1v) is 10.1. The van der Waals surface area contributed by atoms with Gasteiger partial charge in [0.25, 0.3) is 0 Å². The van der Waals surface area contributed by atoms with Crippen molar-refractivity contribution in [3.63, 3.8) is 0 Å². The van der Waals surface area contributed by atoms with Crippen LogP contribution in [0.4, 0.5) is 0 Å². The molecule has 0 heterocycles. The quantitative estimate of drug-likeness (QED) is 0.282. The molecule has 0 saturated heterocycles. The van der Waals surface area contributed by atoms with Gasteiger partial charge in [0, 0.05) is 18.4 Å². The van der Waals surface area contributed by atoms with Crippen LogP contribution in [-0.2, 0) is 14.4 Å². The Morgan fingerprint density at radius 3 is 2.48 bits per heavy atom. The minimum absolute atomic E-state index is 0.0675. The highest BCUT2D eigenvalue weighted by molar-refractivity contribution is 6.03. The summed E-state index contributed by atoms with van der Waals surface area (Å²) in [7, 11) is 1.49. The van der Waals surface area contributed by atoms with Gasteiger partial charge in [0.2, 0.25) is 0 Å². The highest BCUT2D eigenvalue weighted by atomic mass is 16.6. The largest absolute Gasteiger partial charge is 0.460 e. The fourth-order valence-corrected chi connectivity index (χ4v) is 3.44. The number of carbonyl (C=O) groups excluding carboxylic acids is 1. The third-order valence-corrected chi connectivity index (χ3v) is 4.56. The normalized spacial score (nSPS) is 21.1. The Bertz CT molecular complexity index is 545. The number of aliphatic hydroxyl groups excluding tert-OH is 1. The lowest BCUT2D eigenvalue weighted by molar-refractivity contribution is -0.155. The minimum Gasteiger partial charge on any atom is -0.460 e. The van der Waals surface area contributed by atoms with E-state index in [1.807, 2.05) is 20.8 Å². The summed E-state index contributed by atoms with van der Waals surface area (Å²) in [5, 5.41) is 13.3. The fraction of sp³-hybridized carbons (Fsp3) is 0.818. The Hall–Kier alpha value is -1.54. The van der Waals surface area contributed by atoms with Crippen LogP contribution in [0, 0.1) is 35.5 Å². The summed E-state index contributed by atoms with van der Waals surface area (Å²) in [5.41, 5.74) is 0.0457. The van der Waals surface area contributed by atoms with Crippen LogP contribution in [-0.4, -0.2) is 36.1 Å². The summed E-state index contributed by atoms with van der Waals surface area (Å²) >= 11 is 0. The predicted octanol–water partition coefficient (Wildman–Crippen LogP) is 4.19. The molecular formula is C22H37NO4. The van der Waals surface area contributed by atoms with Crippen LogP contribution in [0.5, 0.6) is 0 Å². The molecule has 27 heavy (non-hydrogen) atoms. The van der Waals surface area contributed by atoms with E-state index in [9.17, 15) is 9.90 Å². The van der Waals surface area contributed by atoms with Gasteiger partial charge in [0.05, 0.1) is 6.42 Å². The van der Waals surface area contributed by atoms with Gasteiger partial charge < -0.3 is 14.7 Å². The van der Waals surface area contributed by atoms with Crippen LogP contribution < -0.4 is 0 Å². The molecule has 0 amide bonds. The fourth-order valence-electron chi connectivity index (χ4n) is 3.44. The van der Waals surface area contributed by atoms with Crippen molar-refractivity contribution in [2.75, 3.05) is 13.7 Å². The number of aliphatic hydroxyl groups is 1. The summed E-state index contributed by atoms with van der Waals surface area (Å²) in [5.74, 6) is 7.89. The summed E-state index contributed by atoms with van der Waals surface area (Å²) in [6.45, 7) is 10.1. The van der Waals surface area contributed by atoms with E-state index >= 15 is 0 Å². The topological polar surface area (TPSA) is 68.1 Å². The zero-order chi connectivity index (χ0) is 20.4. The van der Waals surface area contributed by atoms with Gasteiger partial charge in [-0.05, 0) is 70.6 Å². The standard InChI is InChI=1S/C22H37NO4/c1-16(2)12-18-13-17(14-18)9-10-20(23-26-6)19(8-7-11-24)15-21(25)27-22(3,4)5/h16-19,24H,7-8,11-15H2,1-6H3/t17-,18+,19-/m0/s1. The van der Waals surface area contributed by atoms with Crippen molar-refractivity contribution < 1.29 is 19.5 Å². The van der Waals surface area contributed by atoms with E-state index in [0.29, 0.717) is 24.5 Å². The zero-order valence-corrected chi connectivity index (χ0v) is 17.9. The van der Waals surface area contributed by atoms with Gasteiger partial charge in [-0.3, -0.25) is 4.79 Å². The molecule has 0 radical (unpaired) electrons. The number of carbonyl (C=O) groups is 1. The first kappa shape index (κ1) is 23.5. The van der Waals surface area contributed by atoms with Crippen molar-refractivity contribution in [3.8, 4) is 11.8 Å². The first-order valence-electron chi connectivity index (χ1n) is 10.1. The average Bonchev–Trinajstić information content (AvgIpc) is 2.50. The molecule has 0 spiro atoms. The van der Waals surface area contributed by atoms with Gasteiger partial charge in [-0.1, -0.05) is 24.9 Å². The Balaban J connectivity index is 2.75. The summed E-state index contributed by atoms with van der Waals surface area (Å²) in [6.07, 6.45) is 4.92.